The minimum Gasteiger partial charge on any atom is -0.383 e. The van der Waals surface area contributed by atoms with Crippen LogP contribution in [0.1, 0.15) is 48.3 Å². The van der Waals surface area contributed by atoms with Gasteiger partial charge in [-0.15, -0.1) is 0 Å². The summed E-state index contributed by atoms with van der Waals surface area (Å²) in [6, 6.07) is 1.78. The van der Waals surface area contributed by atoms with Crippen LogP contribution in [0.5, 0.6) is 0 Å². The number of ether oxygens (including phenoxy) is 1. The molecular weight excluding hydrogens is 308 g/mol. The predicted octanol–water partition coefficient (Wildman–Crippen LogP) is 0.989. The second-order valence-electron chi connectivity index (χ2n) is 6.39. The summed E-state index contributed by atoms with van der Waals surface area (Å²) < 4.78 is 8.64. The van der Waals surface area contributed by atoms with Crippen molar-refractivity contribution in [2.75, 3.05) is 13.7 Å². The largest absolute Gasteiger partial charge is 0.383 e. The van der Waals surface area contributed by atoms with Gasteiger partial charge in [-0.2, -0.15) is 10.2 Å². The summed E-state index contributed by atoms with van der Waals surface area (Å²) in [5.74, 6) is 2.04. The number of carbonyl (C=O) groups excluding carboxylic acids is 1. The first-order valence-electron chi connectivity index (χ1n) is 8.33. The molecule has 1 N–H and O–H groups in total. The van der Waals surface area contributed by atoms with E-state index in [0.29, 0.717) is 31.3 Å². The fraction of sp³-hybridized carbons (Fsp3) is 0.625. The first kappa shape index (κ1) is 16.6. The minimum atomic E-state index is -0.149. The van der Waals surface area contributed by atoms with E-state index in [-0.39, 0.29) is 11.9 Å². The van der Waals surface area contributed by atoms with E-state index in [1.54, 1.807) is 24.1 Å². The van der Waals surface area contributed by atoms with Gasteiger partial charge in [0.1, 0.15) is 11.5 Å². The Hall–Kier alpha value is -2.22. The van der Waals surface area contributed by atoms with E-state index in [4.69, 9.17) is 4.74 Å². The molecule has 0 fully saturated rings. The Morgan fingerprint density at radius 3 is 3.04 bits per heavy atom. The Morgan fingerprint density at radius 1 is 1.46 bits per heavy atom. The molecule has 2 aromatic heterocycles. The lowest BCUT2D eigenvalue weighted by atomic mass is 10.1. The molecular formula is C16H24N6O2. The summed E-state index contributed by atoms with van der Waals surface area (Å²) in [4.78, 5) is 16.9. The van der Waals surface area contributed by atoms with Crippen molar-refractivity contribution in [2.24, 2.45) is 0 Å². The molecule has 3 rings (SSSR count). The number of aromatic nitrogens is 5. The summed E-state index contributed by atoms with van der Waals surface area (Å²) in [5.41, 5.74) is 0.429. The van der Waals surface area contributed by atoms with Gasteiger partial charge in [0.2, 0.25) is 0 Å². The third-order valence-corrected chi connectivity index (χ3v) is 4.12. The van der Waals surface area contributed by atoms with Crippen molar-refractivity contribution in [1.29, 1.82) is 0 Å². The molecule has 130 valence electrons. The summed E-state index contributed by atoms with van der Waals surface area (Å²) in [6.07, 6.45) is 3.48. The molecule has 1 aliphatic heterocycles. The molecule has 0 radical (unpaired) electrons. The number of methoxy groups -OCH3 is 1. The van der Waals surface area contributed by atoms with Crippen molar-refractivity contribution >= 4 is 5.91 Å². The van der Waals surface area contributed by atoms with Crippen LogP contribution >= 0.6 is 0 Å². The lowest BCUT2D eigenvalue weighted by molar-refractivity contribution is 0.0919. The fourth-order valence-electron chi connectivity index (χ4n) is 2.74. The first-order valence-corrected chi connectivity index (χ1v) is 8.33. The molecule has 1 atom stereocenters. The molecule has 0 aliphatic carbocycles. The molecule has 3 heterocycles. The summed E-state index contributed by atoms with van der Waals surface area (Å²) in [7, 11) is 1.64. The van der Waals surface area contributed by atoms with Gasteiger partial charge in [0.25, 0.3) is 5.91 Å². The van der Waals surface area contributed by atoms with Gasteiger partial charge in [0.05, 0.1) is 19.7 Å². The molecule has 1 amide bonds. The molecule has 0 unspecified atom stereocenters. The lowest BCUT2D eigenvalue weighted by Crippen LogP contribution is -2.41. The van der Waals surface area contributed by atoms with Crippen LogP contribution < -0.4 is 5.32 Å². The monoisotopic (exact) mass is 332 g/mol. The molecule has 0 spiro atoms. The first-order chi connectivity index (χ1) is 11.6. The molecule has 8 nitrogen and oxygen atoms in total. The van der Waals surface area contributed by atoms with Gasteiger partial charge in [-0.05, 0) is 12.5 Å². The van der Waals surface area contributed by atoms with E-state index in [9.17, 15) is 4.79 Å². The molecule has 0 bridgehead atoms. The number of nitrogens with zero attached hydrogens (tertiary/aromatic N) is 5. The Bertz CT molecular complexity index is 705. The molecule has 0 aromatic carbocycles. The van der Waals surface area contributed by atoms with E-state index in [0.717, 1.165) is 24.5 Å². The number of amides is 1. The van der Waals surface area contributed by atoms with Crippen molar-refractivity contribution in [2.45, 2.75) is 51.7 Å². The van der Waals surface area contributed by atoms with Gasteiger partial charge < -0.3 is 10.1 Å². The van der Waals surface area contributed by atoms with Crippen molar-refractivity contribution in [3.05, 3.63) is 29.6 Å². The second-order valence-corrected chi connectivity index (χ2v) is 6.39. The zero-order chi connectivity index (χ0) is 17.1. The Balaban J connectivity index is 1.60. The van der Waals surface area contributed by atoms with E-state index >= 15 is 0 Å². The smallest absolute Gasteiger partial charge is 0.272 e. The molecule has 0 saturated carbocycles. The number of fused-ring (bicyclic) bond motifs is 1. The zero-order valence-electron chi connectivity index (χ0n) is 14.4. The minimum absolute atomic E-state index is 0.0517. The van der Waals surface area contributed by atoms with Crippen LogP contribution in [0.15, 0.2) is 12.3 Å². The standard InChI is InChI=1S/C16H24N6O2/c1-11(2)15-18-14-5-4-12(10-22(14)20-15)17-16(23)13-6-7-21(19-13)8-9-24-3/h6-7,11-12H,4-5,8-10H2,1-3H3,(H,17,23)/t12-/m1/s1. The van der Waals surface area contributed by atoms with E-state index in [2.05, 4.69) is 34.3 Å². The van der Waals surface area contributed by atoms with Gasteiger partial charge in [0, 0.05) is 31.7 Å². The van der Waals surface area contributed by atoms with Crippen LogP contribution in [0.25, 0.3) is 0 Å². The Labute approximate surface area is 141 Å². The van der Waals surface area contributed by atoms with Crippen LogP contribution in [0.2, 0.25) is 0 Å². The van der Waals surface area contributed by atoms with Gasteiger partial charge in [-0.1, -0.05) is 13.8 Å². The number of aryl methyl sites for hydroxylation is 1. The predicted molar refractivity (Wildman–Crippen MR) is 87.8 cm³/mol. The van der Waals surface area contributed by atoms with Crippen LogP contribution in [0, 0.1) is 0 Å². The molecule has 2 aromatic rings. The average Bonchev–Trinajstić information content (AvgIpc) is 3.19. The maximum Gasteiger partial charge on any atom is 0.272 e. The van der Waals surface area contributed by atoms with Crippen molar-refractivity contribution in [1.82, 2.24) is 29.9 Å². The highest BCUT2D eigenvalue weighted by Crippen LogP contribution is 2.17. The topological polar surface area (TPSA) is 86.9 Å². The van der Waals surface area contributed by atoms with Gasteiger partial charge in [0.15, 0.2) is 5.82 Å². The molecule has 8 heteroatoms. The second kappa shape index (κ2) is 7.12. The Kier molecular flexibility index (Phi) is 4.94. The maximum atomic E-state index is 12.4. The summed E-state index contributed by atoms with van der Waals surface area (Å²) in [5, 5.41) is 11.9. The third-order valence-electron chi connectivity index (χ3n) is 4.12. The van der Waals surface area contributed by atoms with Crippen LogP contribution in [-0.2, 0) is 24.2 Å². The van der Waals surface area contributed by atoms with E-state index in [1.165, 1.54) is 0 Å². The fourth-order valence-corrected chi connectivity index (χ4v) is 2.74. The van der Waals surface area contributed by atoms with Crippen LogP contribution in [-0.4, -0.2) is 50.2 Å². The van der Waals surface area contributed by atoms with Crippen molar-refractivity contribution in [3.63, 3.8) is 0 Å². The van der Waals surface area contributed by atoms with Crippen LogP contribution in [0.3, 0.4) is 0 Å². The summed E-state index contributed by atoms with van der Waals surface area (Å²) in [6.45, 7) is 6.03. The normalized spacial score (nSPS) is 17.1. The lowest BCUT2D eigenvalue weighted by Gasteiger charge is -2.23. The molecule has 24 heavy (non-hydrogen) atoms. The highest BCUT2D eigenvalue weighted by molar-refractivity contribution is 5.92. The van der Waals surface area contributed by atoms with Gasteiger partial charge >= 0.3 is 0 Å². The van der Waals surface area contributed by atoms with Crippen molar-refractivity contribution in [3.8, 4) is 0 Å². The SMILES string of the molecule is COCCn1ccc(C(=O)N[C@@H]2CCc3nc(C(C)C)nn3C2)n1. The van der Waals surface area contributed by atoms with Gasteiger partial charge in [-0.3, -0.25) is 9.48 Å². The molecule has 0 saturated heterocycles. The highest BCUT2D eigenvalue weighted by atomic mass is 16.5. The maximum absolute atomic E-state index is 12.4. The van der Waals surface area contributed by atoms with Crippen molar-refractivity contribution < 1.29 is 9.53 Å². The van der Waals surface area contributed by atoms with Crippen LogP contribution in [0.4, 0.5) is 0 Å². The average molecular weight is 332 g/mol. The van der Waals surface area contributed by atoms with Gasteiger partial charge in [-0.25, -0.2) is 9.67 Å². The Morgan fingerprint density at radius 2 is 2.29 bits per heavy atom. The van der Waals surface area contributed by atoms with E-state index in [1.807, 2.05) is 4.68 Å². The molecule has 1 aliphatic rings. The quantitative estimate of drug-likeness (QED) is 0.852. The number of nitrogens with one attached hydrogen (secondary N) is 1. The number of hydrogen-bond donors (Lipinski definition) is 1. The number of carbonyl (C=O) groups is 1. The zero-order valence-corrected chi connectivity index (χ0v) is 14.4. The van der Waals surface area contributed by atoms with E-state index < -0.39 is 0 Å². The summed E-state index contributed by atoms with van der Waals surface area (Å²) >= 11 is 0. The third kappa shape index (κ3) is 3.64. The number of rotatable bonds is 6. The highest BCUT2D eigenvalue weighted by Gasteiger charge is 2.24. The number of hydrogen-bond acceptors (Lipinski definition) is 5.